The van der Waals surface area contributed by atoms with Crippen LogP contribution in [0, 0.1) is 28.6 Å². The van der Waals surface area contributed by atoms with Gasteiger partial charge in [0, 0.05) is 26.2 Å². The van der Waals surface area contributed by atoms with Gasteiger partial charge in [-0.2, -0.15) is 10.2 Å². The fraction of sp³-hybridized carbons (Fsp3) is 0.567. The van der Waals surface area contributed by atoms with Crippen LogP contribution in [-0.4, -0.2) is 58.2 Å². The second kappa shape index (κ2) is 12.5. The summed E-state index contributed by atoms with van der Waals surface area (Å²) in [6, 6.07) is 11.7. The molecule has 2 heterocycles. The number of rotatable bonds is 10. The zero-order valence-corrected chi connectivity index (χ0v) is 22.9. The van der Waals surface area contributed by atoms with Crippen molar-refractivity contribution in [2.75, 3.05) is 31.6 Å². The van der Waals surface area contributed by atoms with E-state index in [4.69, 9.17) is 4.74 Å². The molecule has 3 N–H and O–H groups in total. The van der Waals surface area contributed by atoms with Gasteiger partial charge in [-0.05, 0) is 80.6 Å². The molecule has 3 aliphatic rings. The third kappa shape index (κ3) is 7.00. The lowest BCUT2D eigenvalue weighted by Crippen LogP contribution is -2.37. The fourth-order valence-corrected chi connectivity index (χ4v) is 5.94. The first-order chi connectivity index (χ1) is 19.4. The summed E-state index contributed by atoms with van der Waals surface area (Å²) in [7, 11) is 0. The third-order valence-corrected chi connectivity index (χ3v) is 8.83. The minimum Gasteiger partial charge on any atom is -0.477 e. The lowest BCUT2D eigenvalue weighted by atomic mass is 9.80. The first-order valence-electron chi connectivity index (χ1n) is 14.4. The number of nitrogens with one attached hydrogen (secondary N) is 2. The first kappa shape index (κ1) is 27.7. The van der Waals surface area contributed by atoms with Crippen molar-refractivity contribution in [3.05, 3.63) is 47.3 Å². The van der Waals surface area contributed by atoms with Crippen molar-refractivity contribution in [1.29, 1.82) is 5.26 Å². The van der Waals surface area contributed by atoms with E-state index in [-0.39, 0.29) is 23.2 Å². The van der Waals surface area contributed by atoms with Crippen LogP contribution in [-0.2, 0) is 6.54 Å². The molecule has 1 aliphatic heterocycles. The molecule has 1 aromatic carbocycles. The van der Waals surface area contributed by atoms with Gasteiger partial charge in [-0.1, -0.05) is 30.3 Å². The van der Waals surface area contributed by atoms with Crippen LogP contribution < -0.4 is 15.4 Å². The van der Waals surface area contributed by atoms with Crippen molar-refractivity contribution in [2.24, 2.45) is 17.3 Å². The van der Waals surface area contributed by atoms with Gasteiger partial charge in [0.2, 0.25) is 11.7 Å². The van der Waals surface area contributed by atoms with Crippen LogP contribution in [0.5, 0.6) is 5.88 Å². The van der Waals surface area contributed by atoms with E-state index in [1.807, 2.05) is 36.4 Å². The summed E-state index contributed by atoms with van der Waals surface area (Å²) in [5.41, 5.74) is 1.78. The van der Waals surface area contributed by atoms with Gasteiger partial charge in [0.25, 0.3) is 5.91 Å². The van der Waals surface area contributed by atoms with Gasteiger partial charge < -0.3 is 25.4 Å². The van der Waals surface area contributed by atoms with E-state index in [0.717, 1.165) is 31.2 Å². The van der Waals surface area contributed by atoms with Gasteiger partial charge in [0.05, 0.1) is 6.61 Å². The van der Waals surface area contributed by atoms with E-state index < -0.39 is 6.09 Å². The van der Waals surface area contributed by atoms with Crippen molar-refractivity contribution < 1.29 is 19.4 Å². The average Bonchev–Trinajstić information content (AvgIpc) is 3.74. The van der Waals surface area contributed by atoms with Gasteiger partial charge >= 0.3 is 6.09 Å². The van der Waals surface area contributed by atoms with Crippen molar-refractivity contribution in [1.82, 2.24) is 20.2 Å². The van der Waals surface area contributed by atoms with Crippen LogP contribution >= 0.6 is 0 Å². The zero-order chi connectivity index (χ0) is 28.0. The summed E-state index contributed by atoms with van der Waals surface area (Å²) in [6.07, 6.45) is 8.90. The van der Waals surface area contributed by atoms with E-state index in [1.165, 1.54) is 30.6 Å². The number of likely N-dealkylation sites (tertiary alicyclic amines) is 1. The molecule has 2 aliphatic carbocycles. The molecule has 0 unspecified atom stereocenters. The van der Waals surface area contributed by atoms with Crippen LogP contribution in [0.4, 0.5) is 10.6 Å². The van der Waals surface area contributed by atoms with Gasteiger partial charge in [-0.3, -0.25) is 4.79 Å². The standard InChI is InChI=1S/C30H38N6O4/c31-18-24-34-26(32-19-23-6-11-30(12-7-23)13-14-30)25(27(37)33-20-22-4-2-1-3-5-22)28(35-24)40-17-10-21-8-15-36(16-9-21)29(38)39/h1-5,21,23H,6-17,19-20H2,(H,33,37)(H,38,39)(H,32,34,35). The van der Waals surface area contributed by atoms with Crippen LogP contribution in [0.2, 0.25) is 0 Å². The monoisotopic (exact) mass is 546 g/mol. The van der Waals surface area contributed by atoms with Crippen LogP contribution in [0.15, 0.2) is 30.3 Å². The molecule has 1 spiro atoms. The van der Waals surface area contributed by atoms with Crippen molar-refractivity contribution in [2.45, 2.75) is 64.3 Å². The quantitative estimate of drug-likeness (QED) is 0.385. The normalized spacial score (nSPS) is 18.6. The highest BCUT2D eigenvalue weighted by molar-refractivity contribution is 6.01. The molecule has 0 radical (unpaired) electrons. The lowest BCUT2D eigenvalue weighted by molar-refractivity contribution is 0.0945. The summed E-state index contributed by atoms with van der Waals surface area (Å²) in [6.45, 7) is 2.35. The minimum atomic E-state index is -0.883. The smallest absolute Gasteiger partial charge is 0.407 e. The Labute approximate surface area is 235 Å². The number of nitriles is 1. The van der Waals surface area contributed by atoms with Crippen molar-refractivity contribution >= 4 is 17.8 Å². The molecule has 40 heavy (non-hydrogen) atoms. The SMILES string of the molecule is N#Cc1nc(NCC2CCC3(CC2)CC3)c(C(=O)NCc2ccccc2)c(OCCC2CCN(C(=O)O)CC2)n1. The number of amides is 2. The van der Waals surface area contributed by atoms with E-state index >= 15 is 0 Å². The summed E-state index contributed by atoms with van der Waals surface area (Å²) >= 11 is 0. The third-order valence-electron chi connectivity index (χ3n) is 8.83. The van der Waals surface area contributed by atoms with E-state index in [0.29, 0.717) is 62.3 Å². The molecule has 10 heteroatoms. The Kier molecular flexibility index (Phi) is 8.68. The summed E-state index contributed by atoms with van der Waals surface area (Å²) in [5, 5.41) is 25.2. The topological polar surface area (TPSA) is 140 Å². The maximum absolute atomic E-state index is 13.5. The molecule has 0 atom stereocenters. The van der Waals surface area contributed by atoms with Crippen LogP contribution in [0.25, 0.3) is 0 Å². The number of benzene rings is 1. The number of carbonyl (C=O) groups excluding carboxylic acids is 1. The molecule has 2 amide bonds. The zero-order valence-electron chi connectivity index (χ0n) is 22.9. The number of aromatic nitrogens is 2. The molecular weight excluding hydrogens is 508 g/mol. The van der Waals surface area contributed by atoms with Gasteiger partial charge in [0.15, 0.2) is 0 Å². The highest BCUT2D eigenvalue weighted by Gasteiger charge is 2.44. The second-order valence-electron chi connectivity index (χ2n) is 11.5. The van der Waals surface area contributed by atoms with Crippen LogP contribution in [0.3, 0.4) is 0 Å². The predicted octanol–water partition coefficient (Wildman–Crippen LogP) is 4.82. The Morgan fingerprint density at radius 3 is 2.42 bits per heavy atom. The number of carboxylic acid groups (broad SMARTS) is 1. The van der Waals surface area contributed by atoms with E-state index in [1.54, 1.807) is 0 Å². The fourth-order valence-electron chi connectivity index (χ4n) is 5.94. The molecule has 2 aromatic rings. The van der Waals surface area contributed by atoms with Crippen LogP contribution in [0.1, 0.15) is 79.5 Å². The Morgan fingerprint density at radius 1 is 1.05 bits per heavy atom. The number of ether oxygens (including phenoxy) is 1. The Morgan fingerprint density at radius 2 is 1.77 bits per heavy atom. The molecule has 5 rings (SSSR count). The van der Waals surface area contributed by atoms with E-state index in [9.17, 15) is 20.0 Å². The summed E-state index contributed by atoms with van der Waals surface area (Å²) in [5.74, 6) is 0.834. The number of hydrogen-bond acceptors (Lipinski definition) is 7. The second-order valence-corrected chi connectivity index (χ2v) is 11.5. The molecule has 0 bridgehead atoms. The van der Waals surface area contributed by atoms with Crippen molar-refractivity contribution in [3.8, 4) is 11.9 Å². The summed E-state index contributed by atoms with van der Waals surface area (Å²) < 4.78 is 6.06. The van der Waals surface area contributed by atoms with Gasteiger partial charge in [-0.15, -0.1) is 0 Å². The summed E-state index contributed by atoms with van der Waals surface area (Å²) in [4.78, 5) is 34.8. The number of hydrogen-bond donors (Lipinski definition) is 3. The minimum absolute atomic E-state index is 0.0487. The molecule has 2 saturated carbocycles. The Bertz CT molecular complexity index is 1220. The first-order valence-corrected chi connectivity index (χ1v) is 14.4. The number of piperidine rings is 1. The molecule has 3 fully saturated rings. The van der Waals surface area contributed by atoms with E-state index in [2.05, 4.69) is 20.6 Å². The lowest BCUT2D eigenvalue weighted by Gasteiger charge is -2.30. The highest BCUT2D eigenvalue weighted by atomic mass is 16.5. The Balaban J connectivity index is 1.28. The highest BCUT2D eigenvalue weighted by Crippen LogP contribution is 2.57. The van der Waals surface area contributed by atoms with Gasteiger partial charge in [-0.25, -0.2) is 9.78 Å². The molecule has 1 aromatic heterocycles. The average molecular weight is 547 g/mol. The number of carbonyl (C=O) groups is 2. The molecular formula is C30H38N6O4. The number of anilines is 1. The largest absolute Gasteiger partial charge is 0.477 e. The maximum Gasteiger partial charge on any atom is 0.407 e. The van der Waals surface area contributed by atoms with Gasteiger partial charge in [0.1, 0.15) is 17.5 Å². The molecule has 10 nitrogen and oxygen atoms in total. The Hall–Kier alpha value is -3.87. The predicted molar refractivity (Wildman–Crippen MR) is 149 cm³/mol. The number of nitrogens with zero attached hydrogens (tertiary/aromatic N) is 4. The molecule has 212 valence electrons. The maximum atomic E-state index is 13.5. The molecule has 1 saturated heterocycles. The van der Waals surface area contributed by atoms with Crippen molar-refractivity contribution in [3.63, 3.8) is 0 Å².